The van der Waals surface area contributed by atoms with Crippen molar-refractivity contribution in [2.45, 2.75) is 31.5 Å². The maximum absolute atomic E-state index is 11.7. The number of nitrogens with zero attached hydrogens (tertiary/aromatic N) is 1. The smallest absolute Gasteiger partial charge is 0.372 e. The van der Waals surface area contributed by atoms with Crippen molar-refractivity contribution in [3.05, 3.63) is 0 Å². The van der Waals surface area contributed by atoms with E-state index in [4.69, 9.17) is 0 Å². The van der Waals surface area contributed by atoms with E-state index in [9.17, 15) is 13.2 Å². The minimum Gasteiger partial charge on any atom is -0.372 e. The predicted octanol–water partition coefficient (Wildman–Crippen LogP) is 1.28. The van der Waals surface area contributed by atoms with Gasteiger partial charge < -0.3 is 15.4 Å². The summed E-state index contributed by atoms with van der Waals surface area (Å²) >= 11 is 0. The van der Waals surface area contributed by atoms with Gasteiger partial charge >= 0.3 is 6.18 Å². The number of alkyl halides is 3. The van der Waals surface area contributed by atoms with Crippen LogP contribution in [0.2, 0.25) is 0 Å². The zero-order chi connectivity index (χ0) is 12.7. The molecule has 17 heavy (non-hydrogen) atoms. The lowest BCUT2D eigenvalue weighted by atomic mass is 10.4. The Balaban J connectivity index is 1.95. The molecule has 100 valence electrons. The first-order valence-electron chi connectivity index (χ1n) is 5.63. The number of rotatable bonds is 6. The van der Waals surface area contributed by atoms with Crippen molar-refractivity contribution in [2.75, 3.05) is 26.8 Å². The van der Waals surface area contributed by atoms with Crippen LogP contribution in [-0.2, 0) is 4.74 Å². The maximum Gasteiger partial charge on any atom is 0.411 e. The zero-order valence-corrected chi connectivity index (χ0v) is 9.81. The van der Waals surface area contributed by atoms with Crippen LogP contribution in [0.4, 0.5) is 13.2 Å². The first kappa shape index (κ1) is 14.1. The van der Waals surface area contributed by atoms with E-state index in [1.165, 1.54) is 0 Å². The molecule has 7 heteroatoms. The summed E-state index contributed by atoms with van der Waals surface area (Å²) in [6, 6.07) is 0.502. The summed E-state index contributed by atoms with van der Waals surface area (Å²) < 4.78 is 39.7. The summed E-state index contributed by atoms with van der Waals surface area (Å²) in [5, 5.41) is 6.19. The third-order valence-corrected chi connectivity index (χ3v) is 2.17. The van der Waals surface area contributed by atoms with Crippen LogP contribution in [0.25, 0.3) is 0 Å². The van der Waals surface area contributed by atoms with Gasteiger partial charge in [0, 0.05) is 26.2 Å². The van der Waals surface area contributed by atoms with Gasteiger partial charge in [-0.15, -0.1) is 0 Å². The molecule has 1 aliphatic rings. The van der Waals surface area contributed by atoms with Gasteiger partial charge in [-0.25, -0.2) is 0 Å². The van der Waals surface area contributed by atoms with Crippen molar-refractivity contribution < 1.29 is 17.9 Å². The second kappa shape index (κ2) is 6.68. The van der Waals surface area contributed by atoms with Crippen molar-refractivity contribution in [3.8, 4) is 0 Å². The number of aliphatic imine (C=N–C) groups is 1. The van der Waals surface area contributed by atoms with Crippen LogP contribution in [0.5, 0.6) is 0 Å². The van der Waals surface area contributed by atoms with Crippen LogP contribution in [0.1, 0.15) is 19.3 Å². The quantitative estimate of drug-likeness (QED) is 0.426. The third kappa shape index (κ3) is 7.84. The van der Waals surface area contributed by atoms with E-state index in [0.717, 1.165) is 12.8 Å². The molecule has 0 amide bonds. The molecule has 0 bridgehead atoms. The Morgan fingerprint density at radius 1 is 1.41 bits per heavy atom. The molecule has 0 unspecified atom stereocenters. The molecule has 2 N–H and O–H groups in total. The van der Waals surface area contributed by atoms with Crippen LogP contribution in [0.3, 0.4) is 0 Å². The average molecular weight is 253 g/mol. The number of guanidine groups is 1. The van der Waals surface area contributed by atoms with Crippen LogP contribution in [-0.4, -0.2) is 45.0 Å². The van der Waals surface area contributed by atoms with Crippen LogP contribution in [0, 0.1) is 0 Å². The van der Waals surface area contributed by atoms with Gasteiger partial charge in [-0.1, -0.05) is 0 Å². The average Bonchev–Trinajstić information content (AvgIpc) is 3.03. The molecule has 0 aromatic heterocycles. The molecule has 0 aliphatic heterocycles. The van der Waals surface area contributed by atoms with E-state index in [1.807, 2.05) is 0 Å². The lowest BCUT2D eigenvalue weighted by molar-refractivity contribution is -0.173. The number of hydrogen-bond acceptors (Lipinski definition) is 2. The predicted molar refractivity (Wildman–Crippen MR) is 59.0 cm³/mol. The van der Waals surface area contributed by atoms with E-state index in [0.29, 0.717) is 25.0 Å². The summed E-state index contributed by atoms with van der Waals surface area (Å²) in [6.45, 7) is -0.542. The van der Waals surface area contributed by atoms with Gasteiger partial charge in [-0.05, 0) is 19.3 Å². The van der Waals surface area contributed by atoms with Crippen LogP contribution < -0.4 is 10.6 Å². The summed E-state index contributed by atoms with van der Waals surface area (Å²) in [5.41, 5.74) is 0. The van der Waals surface area contributed by atoms with E-state index in [-0.39, 0.29) is 6.61 Å². The normalized spacial score (nSPS) is 17.1. The van der Waals surface area contributed by atoms with Gasteiger partial charge in [0.1, 0.15) is 6.61 Å². The summed E-state index contributed by atoms with van der Waals surface area (Å²) in [5.74, 6) is 0.698. The lowest BCUT2D eigenvalue weighted by Gasteiger charge is -2.11. The molecule has 0 aromatic rings. The molecular formula is C10H18F3N3O. The third-order valence-electron chi connectivity index (χ3n) is 2.17. The molecule has 0 spiro atoms. The largest absolute Gasteiger partial charge is 0.411 e. The highest BCUT2D eigenvalue weighted by Crippen LogP contribution is 2.18. The van der Waals surface area contributed by atoms with Gasteiger partial charge in [0.2, 0.25) is 0 Å². The van der Waals surface area contributed by atoms with Crippen molar-refractivity contribution in [1.82, 2.24) is 10.6 Å². The summed E-state index contributed by atoms with van der Waals surface area (Å²) in [7, 11) is 1.66. The Kier molecular flexibility index (Phi) is 5.54. The molecule has 1 saturated carbocycles. The molecule has 4 nitrogen and oxygen atoms in total. The van der Waals surface area contributed by atoms with Crippen molar-refractivity contribution in [1.29, 1.82) is 0 Å². The fourth-order valence-electron chi connectivity index (χ4n) is 1.18. The van der Waals surface area contributed by atoms with Gasteiger partial charge in [-0.2, -0.15) is 13.2 Å². The number of ether oxygens (including phenoxy) is 1. The van der Waals surface area contributed by atoms with E-state index in [2.05, 4.69) is 20.4 Å². The molecule has 1 rings (SSSR count). The summed E-state index contributed by atoms with van der Waals surface area (Å²) in [4.78, 5) is 4.00. The molecule has 0 atom stereocenters. The van der Waals surface area contributed by atoms with Crippen LogP contribution in [0.15, 0.2) is 4.99 Å². The monoisotopic (exact) mass is 253 g/mol. The molecule has 0 aromatic carbocycles. The highest BCUT2D eigenvalue weighted by Gasteiger charge is 2.27. The molecule has 0 radical (unpaired) electrons. The van der Waals surface area contributed by atoms with Crippen molar-refractivity contribution in [2.24, 2.45) is 4.99 Å². The topological polar surface area (TPSA) is 45.7 Å². The van der Waals surface area contributed by atoms with E-state index < -0.39 is 12.8 Å². The highest BCUT2D eigenvalue weighted by molar-refractivity contribution is 5.80. The Morgan fingerprint density at radius 3 is 2.65 bits per heavy atom. The minimum atomic E-state index is -4.24. The SMILES string of the molecule is CN=C(NCCCOCC(F)(F)F)NC1CC1. The highest BCUT2D eigenvalue weighted by atomic mass is 19.4. The molecule has 0 heterocycles. The van der Waals surface area contributed by atoms with Gasteiger partial charge in [0.05, 0.1) is 0 Å². The Labute approximate surface area is 98.6 Å². The molecule has 1 fully saturated rings. The maximum atomic E-state index is 11.7. The van der Waals surface area contributed by atoms with Gasteiger partial charge in [0.25, 0.3) is 0 Å². The van der Waals surface area contributed by atoms with E-state index in [1.54, 1.807) is 7.05 Å². The number of halogens is 3. The standard InChI is InChI=1S/C10H18F3N3O/c1-14-9(16-8-3-4-8)15-5-2-6-17-7-10(11,12)13/h8H,2-7H2,1H3,(H2,14,15,16). The number of hydrogen-bond donors (Lipinski definition) is 2. The Hall–Kier alpha value is -0.980. The second-order valence-electron chi connectivity index (χ2n) is 3.94. The van der Waals surface area contributed by atoms with Gasteiger partial charge in [0.15, 0.2) is 5.96 Å². The fraction of sp³-hybridized carbons (Fsp3) is 0.900. The minimum absolute atomic E-state index is 0.0902. The molecular weight excluding hydrogens is 235 g/mol. The van der Waals surface area contributed by atoms with Crippen LogP contribution >= 0.6 is 0 Å². The molecule has 0 saturated heterocycles. The zero-order valence-electron chi connectivity index (χ0n) is 9.81. The van der Waals surface area contributed by atoms with Crippen molar-refractivity contribution in [3.63, 3.8) is 0 Å². The number of nitrogens with one attached hydrogen (secondary N) is 2. The fourth-order valence-corrected chi connectivity index (χ4v) is 1.18. The first-order valence-corrected chi connectivity index (χ1v) is 5.63. The Morgan fingerprint density at radius 2 is 2.12 bits per heavy atom. The molecule has 1 aliphatic carbocycles. The Bertz CT molecular complexity index is 252. The first-order chi connectivity index (χ1) is 8.01. The summed E-state index contributed by atoms with van der Waals surface area (Å²) in [6.07, 6.45) is -1.43. The second-order valence-corrected chi connectivity index (χ2v) is 3.94. The van der Waals surface area contributed by atoms with Crippen molar-refractivity contribution >= 4 is 5.96 Å². The lowest BCUT2D eigenvalue weighted by Crippen LogP contribution is -2.39. The van der Waals surface area contributed by atoms with E-state index >= 15 is 0 Å². The van der Waals surface area contributed by atoms with Gasteiger partial charge in [-0.3, -0.25) is 4.99 Å².